The number of halogens is 3. The van der Waals surface area contributed by atoms with Gasteiger partial charge in [-0.1, -0.05) is 17.0 Å². The molecule has 92 valence electrons. The maximum atomic E-state index is 12.1. The first-order valence-electron chi connectivity index (χ1n) is 4.66. The fraction of sp³-hybridized carbons (Fsp3) is 0.182. The first-order chi connectivity index (χ1) is 8.45. The van der Waals surface area contributed by atoms with Gasteiger partial charge in [0.05, 0.1) is 6.54 Å². The molecule has 0 bridgehead atoms. The zero-order valence-corrected chi connectivity index (χ0v) is 8.90. The van der Waals surface area contributed by atoms with E-state index >= 15 is 0 Å². The number of hydrogen-bond donors (Lipinski definition) is 0. The smallest absolute Gasteiger partial charge is 0.284 e. The van der Waals surface area contributed by atoms with Crippen molar-refractivity contribution in [2.75, 3.05) is 6.54 Å². The van der Waals surface area contributed by atoms with Crippen LogP contribution in [0.4, 0.5) is 13.2 Å². The molecule has 0 N–H and O–H groups in total. The van der Waals surface area contributed by atoms with Gasteiger partial charge in [-0.05, 0) is 29.8 Å². The molecule has 0 saturated carbocycles. The summed E-state index contributed by atoms with van der Waals surface area (Å²) in [7, 11) is 0. The maximum Gasteiger partial charge on any atom is 0.454 e. The minimum absolute atomic E-state index is 0.0280. The summed E-state index contributed by atoms with van der Waals surface area (Å²) in [6.45, 7) is -0.0280. The van der Waals surface area contributed by atoms with Crippen molar-refractivity contribution in [1.82, 2.24) is 0 Å². The summed E-state index contributed by atoms with van der Waals surface area (Å²) in [5, 5.41) is 3.17. The highest BCUT2D eigenvalue weighted by molar-refractivity contribution is 6.00. The van der Waals surface area contributed by atoms with E-state index in [-0.39, 0.29) is 6.54 Å². The van der Waals surface area contributed by atoms with Crippen LogP contribution in [-0.4, -0.2) is 18.5 Å². The van der Waals surface area contributed by atoms with Crippen LogP contribution in [0.3, 0.4) is 0 Å². The molecular formula is C11H6F3N3O. The standard InChI is InChI=1S/C11H6F3N3O/c12-11(13,14)10(18)9-5-3-8(4-6-9)2-1-7-16-17-15/h3-6H,7H2. The quantitative estimate of drug-likeness (QED) is 0.262. The molecule has 0 aliphatic heterocycles. The van der Waals surface area contributed by atoms with Crippen LogP contribution in [0.5, 0.6) is 0 Å². The Morgan fingerprint density at radius 2 is 1.94 bits per heavy atom. The molecule has 0 aliphatic carbocycles. The molecule has 0 spiro atoms. The van der Waals surface area contributed by atoms with Crippen LogP contribution in [0.1, 0.15) is 15.9 Å². The number of nitrogens with zero attached hydrogens (tertiary/aromatic N) is 3. The van der Waals surface area contributed by atoms with Crippen molar-refractivity contribution < 1.29 is 18.0 Å². The van der Waals surface area contributed by atoms with Crippen molar-refractivity contribution in [1.29, 1.82) is 0 Å². The molecule has 0 atom stereocenters. The van der Waals surface area contributed by atoms with Crippen molar-refractivity contribution in [3.63, 3.8) is 0 Å². The first-order valence-corrected chi connectivity index (χ1v) is 4.66. The highest BCUT2D eigenvalue weighted by Gasteiger charge is 2.38. The summed E-state index contributed by atoms with van der Waals surface area (Å²) in [4.78, 5) is 13.3. The second-order valence-electron chi connectivity index (χ2n) is 3.09. The summed E-state index contributed by atoms with van der Waals surface area (Å²) in [6.07, 6.45) is -4.88. The normalized spacial score (nSPS) is 9.94. The number of Topliss-reactive ketones (excluding diaryl/α,β-unsaturated/α-hetero) is 1. The number of ketones is 1. The Morgan fingerprint density at radius 1 is 1.33 bits per heavy atom. The van der Waals surface area contributed by atoms with Gasteiger partial charge in [-0.15, -0.1) is 0 Å². The van der Waals surface area contributed by atoms with Crippen LogP contribution in [-0.2, 0) is 0 Å². The summed E-state index contributed by atoms with van der Waals surface area (Å²) < 4.78 is 36.3. The Bertz CT molecular complexity index is 546. The summed E-state index contributed by atoms with van der Waals surface area (Å²) >= 11 is 0. The Balaban J connectivity index is 2.82. The molecule has 1 aromatic carbocycles. The van der Waals surface area contributed by atoms with E-state index in [0.29, 0.717) is 5.56 Å². The Hall–Kier alpha value is -2.45. The number of azide groups is 1. The highest BCUT2D eigenvalue weighted by Crippen LogP contribution is 2.21. The van der Waals surface area contributed by atoms with E-state index in [1.807, 2.05) is 0 Å². The van der Waals surface area contributed by atoms with E-state index in [1.54, 1.807) is 0 Å². The van der Waals surface area contributed by atoms with Crippen molar-refractivity contribution in [3.05, 3.63) is 45.8 Å². The van der Waals surface area contributed by atoms with Crippen molar-refractivity contribution in [2.45, 2.75) is 6.18 Å². The predicted octanol–water partition coefficient (Wildman–Crippen LogP) is 3.09. The van der Waals surface area contributed by atoms with Crippen LogP contribution in [0.15, 0.2) is 29.4 Å². The molecule has 0 radical (unpaired) electrons. The van der Waals surface area contributed by atoms with Gasteiger partial charge < -0.3 is 0 Å². The van der Waals surface area contributed by atoms with Gasteiger partial charge in [-0.25, -0.2) is 0 Å². The molecule has 4 nitrogen and oxygen atoms in total. The van der Waals surface area contributed by atoms with Crippen LogP contribution in [0.2, 0.25) is 0 Å². The second kappa shape index (κ2) is 5.75. The molecule has 0 fully saturated rings. The largest absolute Gasteiger partial charge is 0.454 e. The molecule has 0 amide bonds. The lowest BCUT2D eigenvalue weighted by Crippen LogP contribution is -2.22. The van der Waals surface area contributed by atoms with Crippen LogP contribution >= 0.6 is 0 Å². The topological polar surface area (TPSA) is 65.8 Å². The maximum absolute atomic E-state index is 12.1. The van der Waals surface area contributed by atoms with Crippen LogP contribution in [0, 0.1) is 11.8 Å². The van der Waals surface area contributed by atoms with E-state index in [0.717, 1.165) is 12.1 Å². The van der Waals surface area contributed by atoms with E-state index in [4.69, 9.17) is 5.53 Å². The molecular weight excluding hydrogens is 247 g/mol. The number of alkyl halides is 3. The van der Waals surface area contributed by atoms with Crippen molar-refractivity contribution >= 4 is 5.78 Å². The second-order valence-corrected chi connectivity index (χ2v) is 3.09. The van der Waals surface area contributed by atoms with Gasteiger partial charge in [0, 0.05) is 16.0 Å². The average Bonchev–Trinajstić information content (AvgIpc) is 2.33. The highest BCUT2D eigenvalue weighted by atomic mass is 19.4. The third-order valence-corrected chi connectivity index (χ3v) is 1.85. The van der Waals surface area contributed by atoms with Gasteiger partial charge in [0.1, 0.15) is 0 Å². The molecule has 18 heavy (non-hydrogen) atoms. The SMILES string of the molecule is [N-]=[N+]=NCC#Cc1ccc(C(=O)C(F)(F)F)cc1. The molecule has 7 heteroatoms. The molecule has 0 unspecified atom stereocenters. The van der Waals surface area contributed by atoms with Gasteiger partial charge >= 0.3 is 6.18 Å². The lowest BCUT2D eigenvalue weighted by atomic mass is 10.1. The summed E-state index contributed by atoms with van der Waals surface area (Å²) in [5.41, 5.74) is 7.97. The fourth-order valence-electron chi connectivity index (χ4n) is 1.08. The van der Waals surface area contributed by atoms with Crippen LogP contribution in [0.25, 0.3) is 10.4 Å². The van der Waals surface area contributed by atoms with Gasteiger partial charge in [0.25, 0.3) is 5.78 Å². The third kappa shape index (κ3) is 3.85. The van der Waals surface area contributed by atoms with Gasteiger partial charge in [-0.3, -0.25) is 4.79 Å². The zero-order valence-electron chi connectivity index (χ0n) is 8.90. The predicted molar refractivity (Wildman–Crippen MR) is 57.7 cm³/mol. The molecule has 1 aromatic rings. The number of carbonyl (C=O) groups is 1. The van der Waals surface area contributed by atoms with E-state index in [9.17, 15) is 18.0 Å². The lowest BCUT2D eigenvalue weighted by Gasteiger charge is -2.04. The zero-order chi connectivity index (χ0) is 13.6. The lowest BCUT2D eigenvalue weighted by molar-refractivity contribution is -0.0885. The van der Waals surface area contributed by atoms with Crippen molar-refractivity contribution in [3.8, 4) is 11.8 Å². The third-order valence-electron chi connectivity index (χ3n) is 1.85. The Morgan fingerprint density at radius 3 is 2.44 bits per heavy atom. The minimum Gasteiger partial charge on any atom is -0.284 e. The average molecular weight is 253 g/mol. The van der Waals surface area contributed by atoms with Crippen molar-refractivity contribution in [2.24, 2.45) is 5.11 Å². The Kier molecular flexibility index (Phi) is 4.35. The van der Waals surface area contributed by atoms with Gasteiger partial charge in [0.15, 0.2) is 0 Å². The number of carbonyl (C=O) groups excluding carboxylic acids is 1. The summed E-state index contributed by atoms with van der Waals surface area (Å²) in [6, 6.07) is 4.69. The molecule has 0 aromatic heterocycles. The van der Waals surface area contributed by atoms with E-state index in [1.165, 1.54) is 12.1 Å². The molecule has 0 aliphatic rings. The number of hydrogen-bond acceptors (Lipinski definition) is 2. The van der Waals surface area contributed by atoms with Gasteiger partial charge in [-0.2, -0.15) is 13.2 Å². The first kappa shape index (κ1) is 13.6. The molecule has 0 saturated heterocycles. The molecule has 0 heterocycles. The number of rotatable bonds is 2. The fourth-order valence-corrected chi connectivity index (χ4v) is 1.08. The summed E-state index contributed by atoms with van der Waals surface area (Å²) in [5.74, 6) is 3.19. The minimum atomic E-state index is -4.88. The van der Waals surface area contributed by atoms with Gasteiger partial charge in [0.2, 0.25) is 0 Å². The van der Waals surface area contributed by atoms with Crippen LogP contribution < -0.4 is 0 Å². The molecule has 1 rings (SSSR count). The Labute approximate surface area is 100 Å². The van der Waals surface area contributed by atoms with E-state index < -0.39 is 17.5 Å². The van der Waals surface area contributed by atoms with E-state index in [2.05, 4.69) is 21.9 Å². The monoisotopic (exact) mass is 253 g/mol. The number of benzene rings is 1.